The van der Waals surface area contributed by atoms with Crippen molar-refractivity contribution in [2.75, 3.05) is 0 Å². The van der Waals surface area contributed by atoms with Gasteiger partial charge in [-0.2, -0.15) is 0 Å². The summed E-state index contributed by atoms with van der Waals surface area (Å²) in [5.41, 5.74) is 0. The second kappa shape index (κ2) is 6.04. The Morgan fingerprint density at radius 2 is 1.81 bits per heavy atom. The zero-order valence-corrected chi connectivity index (χ0v) is 8.88. The Balaban J connectivity index is 4.64. The molecule has 6 nitrogen and oxygen atoms in total. The first-order valence-electron chi connectivity index (χ1n) is 4.50. The first kappa shape index (κ1) is 14.3. The van der Waals surface area contributed by atoms with Crippen LogP contribution in [0.5, 0.6) is 0 Å². The van der Waals surface area contributed by atoms with Crippen molar-refractivity contribution >= 4 is 11.9 Å². The highest BCUT2D eigenvalue weighted by Gasteiger charge is 2.40. The lowest BCUT2D eigenvalue weighted by molar-refractivity contribution is -0.356. The van der Waals surface area contributed by atoms with E-state index in [4.69, 9.17) is 0 Å². The molecule has 0 bridgehead atoms. The van der Waals surface area contributed by atoms with Crippen LogP contribution in [0.15, 0.2) is 25.3 Å². The van der Waals surface area contributed by atoms with Gasteiger partial charge in [-0.25, -0.2) is 9.59 Å². The van der Waals surface area contributed by atoms with E-state index in [-0.39, 0.29) is 6.42 Å². The van der Waals surface area contributed by atoms with E-state index in [0.717, 1.165) is 12.2 Å². The maximum absolute atomic E-state index is 10.9. The molecule has 0 rings (SSSR count). The Kier molecular flexibility index (Phi) is 5.41. The molecule has 0 aromatic heterocycles. The van der Waals surface area contributed by atoms with Gasteiger partial charge in [0, 0.05) is 12.2 Å². The van der Waals surface area contributed by atoms with E-state index in [9.17, 15) is 19.8 Å². The molecule has 0 heterocycles. The standard InChI is InChI=1S/C10H14O6/c1-4-7(15-8(11)5-2)10(13,14)16-9(12)6-3/h5-7,13-14H,2-4H2,1H3. The van der Waals surface area contributed by atoms with Crippen molar-refractivity contribution in [3.8, 4) is 0 Å². The van der Waals surface area contributed by atoms with Crippen molar-refractivity contribution in [3.63, 3.8) is 0 Å². The molecule has 90 valence electrons. The van der Waals surface area contributed by atoms with Gasteiger partial charge in [-0.05, 0) is 6.42 Å². The van der Waals surface area contributed by atoms with Gasteiger partial charge in [0.15, 0.2) is 6.10 Å². The maximum Gasteiger partial charge on any atom is 0.363 e. The smallest absolute Gasteiger partial charge is 0.363 e. The van der Waals surface area contributed by atoms with E-state index in [1.807, 2.05) is 0 Å². The summed E-state index contributed by atoms with van der Waals surface area (Å²) in [6.45, 7) is 7.75. The largest absolute Gasteiger partial charge is 0.449 e. The molecule has 1 unspecified atom stereocenters. The molecule has 1 atom stereocenters. The fraction of sp³-hybridized carbons (Fsp3) is 0.400. The topological polar surface area (TPSA) is 93.1 Å². The number of ether oxygens (including phenoxy) is 2. The van der Waals surface area contributed by atoms with Gasteiger partial charge >= 0.3 is 17.9 Å². The monoisotopic (exact) mass is 230 g/mol. The van der Waals surface area contributed by atoms with Crippen LogP contribution < -0.4 is 0 Å². The summed E-state index contributed by atoms with van der Waals surface area (Å²) in [6.07, 6.45) is 0.246. The van der Waals surface area contributed by atoms with Crippen molar-refractivity contribution in [2.24, 2.45) is 0 Å². The van der Waals surface area contributed by atoms with Crippen LogP contribution in [0.4, 0.5) is 0 Å². The molecule has 0 saturated heterocycles. The van der Waals surface area contributed by atoms with Crippen LogP contribution in [0.2, 0.25) is 0 Å². The molecule has 0 aromatic carbocycles. The van der Waals surface area contributed by atoms with Crippen LogP contribution in [-0.4, -0.2) is 34.2 Å². The lowest BCUT2D eigenvalue weighted by Gasteiger charge is -2.28. The summed E-state index contributed by atoms with van der Waals surface area (Å²) in [5.74, 6) is -4.79. The predicted molar refractivity (Wildman–Crippen MR) is 53.8 cm³/mol. The minimum atomic E-state index is -2.89. The van der Waals surface area contributed by atoms with Crippen LogP contribution in [-0.2, 0) is 19.1 Å². The van der Waals surface area contributed by atoms with E-state index in [2.05, 4.69) is 22.6 Å². The van der Waals surface area contributed by atoms with Gasteiger partial charge in [0.05, 0.1) is 0 Å². The van der Waals surface area contributed by atoms with Crippen LogP contribution in [0.25, 0.3) is 0 Å². The summed E-state index contributed by atoms with van der Waals surface area (Å²) in [7, 11) is 0. The van der Waals surface area contributed by atoms with E-state index < -0.39 is 24.0 Å². The van der Waals surface area contributed by atoms with E-state index in [1.54, 1.807) is 0 Å². The highest BCUT2D eigenvalue weighted by Crippen LogP contribution is 2.16. The van der Waals surface area contributed by atoms with E-state index in [0.29, 0.717) is 0 Å². The van der Waals surface area contributed by atoms with Gasteiger partial charge in [0.25, 0.3) is 0 Å². The van der Waals surface area contributed by atoms with Gasteiger partial charge in [-0.3, -0.25) is 0 Å². The minimum absolute atomic E-state index is 0.0387. The van der Waals surface area contributed by atoms with Crippen LogP contribution in [0.3, 0.4) is 0 Å². The van der Waals surface area contributed by atoms with Crippen LogP contribution in [0, 0.1) is 0 Å². The fourth-order valence-electron chi connectivity index (χ4n) is 0.870. The number of carbonyl (C=O) groups excluding carboxylic acids is 2. The predicted octanol–water partition coefficient (Wildman–Crippen LogP) is -0.138. The second-order valence-corrected chi connectivity index (χ2v) is 2.82. The first-order chi connectivity index (χ1) is 7.37. The Bertz CT molecular complexity index is 294. The molecule has 0 aliphatic carbocycles. The van der Waals surface area contributed by atoms with E-state index >= 15 is 0 Å². The maximum atomic E-state index is 10.9. The number of hydrogen-bond acceptors (Lipinski definition) is 6. The number of hydrogen-bond donors (Lipinski definition) is 2. The Morgan fingerprint density at radius 3 is 2.19 bits per heavy atom. The molecule has 0 aliphatic heterocycles. The summed E-state index contributed by atoms with van der Waals surface area (Å²) >= 11 is 0. The number of carbonyl (C=O) groups is 2. The van der Waals surface area contributed by atoms with Crippen LogP contribution >= 0.6 is 0 Å². The number of rotatable bonds is 6. The summed E-state index contributed by atoms with van der Waals surface area (Å²) in [6, 6.07) is 0. The SMILES string of the molecule is C=CC(=O)OC(CC)C(O)(O)OC(=O)C=C. The summed E-state index contributed by atoms with van der Waals surface area (Å²) in [4.78, 5) is 21.6. The van der Waals surface area contributed by atoms with E-state index in [1.165, 1.54) is 6.92 Å². The van der Waals surface area contributed by atoms with Gasteiger partial charge in [-0.1, -0.05) is 20.1 Å². The van der Waals surface area contributed by atoms with Crippen molar-refractivity contribution in [1.29, 1.82) is 0 Å². The average molecular weight is 230 g/mol. The van der Waals surface area contributed by atoms with Crippen molar-refractivity contribution < 1.29 is 29.3 Å². The summed E-state index contributed by atoms with van der Waals surface area (Å²) < 4.78 is 8.82. The molecule has 2 N–H and O–H groups in total. The van der Waals surface area contributed by atoms with Crippen molar-refractivity contribution in [3.05, 3.63) is 25.3 Å². The molecular formula is C10H14O6. The lowest BCUT2D eigenvalue weighted by Crippen LogP contribution is -2.48. The Hall–Kier alpha value is -1.66. The third-order valence-electron chi connectivity index (χ3n) is 1.63. The molecule has 0 amide bonds. The number of esters is 2. The molecule has 16 heavy (non-hydrogen) atoms. The van der Waals surface area contributed by atoms with Gasteiger partial charge in [-0.15, -0.1) is 0 Å². The zero-order chi connectivity index (χ0) is 12.8. The van der Waals surface area contributed by atoms with Gasteiger partial charge < -0.3 is 19.7 Å². The highest BCUT2D eigenvalue weighted by atomic mass is 16.8. The molecule has 0 spiro atoms. The minimum Gasteiger partial charge on any atom is -0.449 e. The Morgan fingerprint density at radius 1 is 1.31 bits per heavy atom. The number of aliphatic hydroxyl groups is 2. The lowest BCUT2D eigenvalue weighted by atomic mass is 10.2. The zero-order valence-electron chi connectivity index (χ0n) is 8.88. The van der Waals surface area contributed by atoms with Gasteiger partial charge in [0.2, 0.25) is 0 Å². The molecule has 0 aromatic rings. The Labute approximate surface area is 92.8 Å². The fourth-order valence-corrected chi connectivity index (χ4v) is 0.870. The molecule has 0 aliphatic rings. The van der Waals surface area contributed by atoms with Crippen molar-refractivity contribution in [1.82, 2.24) is 0 Å². The summed E-state index contributed by atoms with van der Waals surface area (Å²) in [5, 5.41) is 18.7. The van der Waals surface area contributed by atoms with Gasteiger partial charge in [0.1, 0.15) is 0 Å². The van der Waals surface area contributed by atoms with Crippen molar-refractivity contribution in [2.45, 2.75) is 25.4 Å². The second-order valence-electron chi connectivity index (χ2n) is 2.82. The average Bonchev–Trinajstić information content (AvgIpc) is 2.24. The molecular weight excluding hydrogens is 216 g/mol. The quantitative estimate of drug-likeness (QED) is 0.375. The third kappa shape index (κ3) is 4.24. The third-order valence-corrected chi connectivity index (χ3v) is 1.63. The first-order valence-corrected chi connectivity index (χ1v) is 4.50. The molecule has 6 heteroatoms. The van der Waals surface area contributed by atoms with Crippen LogP contribution in [0.1, 0.15) is 13.3 Å². The normalized spacial score (nSPS) is 12.4. The highest BCUT2D eigenvalue weighted by molar-refractivity contribution is 5.82. The molecule has 0 fully saturated rings. The molecule has 0 radical (unpaired) electrons. The molecule has 0 saturated carbocycles.